The molecule has 10 heteroatoms. The quantitative estimate of drug-likeness (QED) is 0.260. The molecule has 4 aromatic rings. The molecule has 38 heavy (non-hydrogen) atoms. The minimum atomic E-state index is -5.01. The van der Waals surface area contributed by atoms with Gasteiger partial charge in [0.15, 0.2) is 0 Å². The Labute approximate surface area is 213 Å². The van der Waals surface area contributed by atoms with Crippen LogP contribution in [0.25, 0.3) is 21.9 Å². The highest BCUT2D eigenvalue weighted by Crippen LogP contribution is 2.37. The van der Waals surface area contributed by atoms with Gasteiger partial charge in [-0.05, 0) is 47.7 Å². The van der Waals surface area contributed by atoms with Gasteiger partial charge in [0.2, 0.25) is 0 Å². The Hall–Kier alpha value is -4.08. The van der Waals surface area contributed by atoms with Gasteiger partial charge >= 0.3 is 12.4 Å². The summed E-state index contributed by atoms with van der Waals surface area (Å²) < 4.78 is 81.3. The van der Waals surface area contributed by atoms with Crippen LogP contribution in [0.4, 0.5) is 26.3 Å². The van der Waals surface area contributed by atoms with Crippen molar-refractivity contribution in [2.24, 2.45) is 0 Å². The molecule has 0 fully saturated rings. The van der Waals surface area contributed by atoms with Gasteiger partial charge in [-0.25, -0.2) is 0 Å². The Balaban J connectivity index is 1.88. The number of halogens is 6. The topological polar surface area (TPSA) is 42.3 Å². The number of carbonyl (C=O) groups is 1. The molecular formula is C28H22F6N2O2. The van der Waals surface area contributed by atoms with Gasteiger partial charge in [0, 0.05) is 31.1 Å². The standard InChI is InChI=1S/C28H22F6N2O2/c1-3-36-24(23(18-9-5-4-6-10-18)21-11-7-8-12-22(21)25(36)37)26(38)35(2)16-17-13-19(27(29,30)31)15-20(14-17)28(32,33)34/h4-15H,3,16H2,1-2H3. The number of amides is 1. The van der Waals surface area contributed by atoms with E-state index in [-0.39, 0.29) is 23.9 Å². The van der Waals surface area contributed by atoms with Crippen LogP contribution in [-0.4, -0.2) is 22.4 Å². The van der Waals surface area contributed by atoms with Crippen molar-refractivity contribution in [2.75, 3.05) is 7.05 Å². The van der Waals surface area contributed by atoms with Crippen LogP contribution in [0.5, 0.6) is 0 Å². The van der Waals surface area contributed by atoms with Gasteiger partial charge in [-0.15, -0.1) is 0 Å². The van der Waals surface area contributed by atoms with E-state index in [1.54, 1.807) is 61.5 Å². The van der Waals surface area contributed by atoms with E-state index in [0.717, 1.165) is 4.90 Å². The monoisotopic (exact) mass is 532 g/mol. The highest BCUT2D eigenvalue weighted by Gasteiger charge is 2.37. The van der Waals surface area contributed by atoms with Gasteiger partial charge in [-0.1, -0.05) is 48.5 Å². The van der Waals surface area contributed by atoms with Crippen LogP contribution in [0.1, 0.15) is 34.1 Å². The number of carbonyl (C=O) groups excluding carboxylic acids is 1. The molecule has 0 spiro atoms. The first-order valence-electron chi connectivity index (χ1n) is 11.6. The third-order valence-electron chi connectivity index (χ3n) is 6.17. The van der Waals surface area contributed by atoms with E-state index >= 15 is 0 Å². The minimum absolute atomic E-state index is 0.00655. The molecule has 0 aliphatic carbocycles. The summed E-state index contributed by atoms with van der Waals surface area (Å²) in [4.78, 5) is 28.1. The number of aromatic nitrogens is 1. The number of hydrogen-bond acceptors (Lipinski definition) is 2. The lowest BCUT2D eigenvalue weighted by Crippen LogP contribution is -2.34. The molecule has 0 atom stereocenters. The molecule has 0 saturated carbocycles. The maximum atomic E-state index is 13.8. The van der Waals surface area contributed by atoms with Crippen molar-refractivity contribution in [3.05, 3.63) is 106 Å². The third-order valence-corrected chi connectivity index (χ3v) is 6.17. The van der Waals surface area contributed by atoms with Crippen molar-refractivity contribution < 1.29 is 31.1 Å². The first-order chi connectivity index (χ1) is 17.8. The molecule has 3 aromatic carbocycles. The van der Waals surface area contributed by atoms with Gasteiger partial charge in [0.25, 0.3) is 11.5 Å². The van der Waals surface area contributed by atoms with Crippen molar-refractivity contribution in [2.45, 2.75) is 32.4 Å². The van der Waals surface area contributed by atoms with Gasteiger partial charge < -0.3 is 9.47 Å². The fourth-order valence-electron chi connectivity index (χ4n) is 4.46. The van der Waals surface area contributed by atoms with E-state index in [1.807, 2.05) is 0 Å². The predicted molar refractivity (Wildman–Crippen MR) is 132 cm³/mol. The molecule has 1 amide bonds. The van der Waals surface area contributed by atoms with Crippen molar-refractivity contribution in [3.63, 3.8) is 0 Å². The minimum Gasteiger partial charge on any atom is -0.336 e. The van der Waals surface area contributed by atoms with E-state index in [1.165, 1.54) is 11.6 Å². The molecule has 0 N–H and O–H groups in total. The summed E-state index contributed by atoms with van der Waals surface area (Å²) in [5.74, 6) is -0.723. The second-order valence-electron chi connectivity index (χ2n) is 8.76. The summed E-state index contributed by atoms with van der Waals surface area (Å²) in [7, 11) is 1.27. The van der Waals surface area contributed by atoms with Crippen molar-refractivity contribution in [3.8, 4) is 11.1 Å². The van der Waals surface area contributed by atoms with Crippen LogP contribution < -0.4 is 5.56 Å². The van der Waals surface area contributed by atoms with E-state index in [2.05, 4.69) is 0 Å². The summed E-state index contributed by atoms with van der Waals surface area (Å²) in [5.41, 5.74) is -2.66. The lowest BCUT2D eigenvalue weighted by Gasteiger charge is -2.24. The number of benzene rings is 3. The lowest BCUT2D eigenvalue weighted by molar-refractivity contribution is -0.143. The van der Waals surface area contributed by atoms with Crippen LogP contribution >= 0.6 is 0 Å². The number of rotatable bonds is 5. The molecular weight excluding hydrogens is 510 g/mol. The maximum absolute atomic E-state index is 13.8. The number of hydrogen-bond donors (Lipinski definition) is 0. The summed E-state index contributed by atoms with van der Waals surface area (Å²) in [6, 6.07) is 16.7. The zero-order chi connectivity index (χ0) is 27.8. The number of pyridine rings is 1. The largest absolute Gasteiger partial charge is 0.416 e. The fourth-order valence-corrected chi connectivity index (χ4v) is 4.46. The molecule has 0 saturated heterocycles. The molecule has 0 aliphatic rings. The van der Waals surface area contributed by atoms with Gasteiger partial charge in [-0.2, -0.15) is 26.3 Å². The average molecular weight is 532 g/mol. The van der Waals surface area contributed by atoms with Gasteiger partial charge in [0.1, 0.15) is 5.69 Å². The van der Waals surface area contributed by atoms with Crippen LogP contribution in [0, 0.1) is 0 Å². The van der Waals surface area contributed by atoms with Crippen LogP contribution in [0.3, 0.4) is 0 Å². The molecule has 1 aromatic heterocycles. The Morgan fingerprint density at radius 2 is 1.34 bits per heavy atom. The molecule has 0 radical (unpaired) electrons. The fraction of sp³-hybridized carbons (Fsp3) is 0.214. The first-order valence-corrected chi connectivity index (χ1v) is 11.6. The number of nitrogens with zero attached hydrogens (tertiary/aromatic N) is 2. The second-order valence-corrected chi connectivity index (χ2v) is 8.76. The van der Waals surface area contributed by atoms with E-state index < -0.39 is 41.5 Å². The number of fused-ring (bicyclic) bond motifs is 1. The van der Waals surface area contributed by atoms with Gasteiger partial charge in [-0.3, -0.25) is 9.59 Å². The zero-order valence-corrected chi connectivity index (χ0v) is 20.3. The van der Waals surface area contributed by atoms with Crippen molar-refractivity contribution in [1.82, 2.24) is 9.47 Å². The van der Waals surface area contributed by atoms with Gasteiger partial charge in [0.05, 0.1) is 11.1 Å². The molecule has 1 heterocycles. The van der Waals surface area contributed by atoms with Crippen molar-refractivity contribution >= 4 is 16.7 Å². The van der Waals surface area contributed by atoms with E-state index in [0.29, 0.717) is 34.0 Å². The summed E-state index contributed by atoms with van der Waals surface area (Å²) in [6.07, 6.45) is -10.0. The highest BCUT2D eigenvalue weighted by molar-refractivity contribution is 6.08. The predicted octanol–water partition coefficient (Wildman–Crippen LogP) is 7.00. The smallest absolute Gasteiger partial charge is 0.336 e. The molecule has 4 nitrogen and oxygen atoms in total. The molecule has 4 rings (SSSR count). The second kappa shape index (κ2) is 10.00. The Kier molecular flexibility index (Phi) is 7.10. The van der Waals surface area contributed by atoms with E-state index in [9.17, 15) is 35.9 Å². The lowest BCUT2D eigenvalue weighted by atomic mass is 9.96. The molecule has 0 bridgehead atoms. The molecule has 0 aliphatic heterocycles. The molecule has 0 unspecified atom stereocenters. The SMILES string of the molecule is CCn1c(C(=O)N(C)Cc2cc(C(F)(F)F)cc(C(F)(F)F)c2)c(-c2ccccc2)c2ccccc2c1=O. The van der Waals surface area contributed by atoms with E-state index in [4.69, 9.17) is 0 Å². The van der Waals surface area contributed by atoms with Crippen molar-refractivity contribution in [1.29, 1.82) is 0 Å². The Morgan fingerprint density at radius 1 is 0.816 bits per heavy atom. The Bertz CT molecular complexity index is 1520. The first kappa shape index (κ1) is 27.0. The highest BCUT2D eigenvalue weighted by atomic mass is 19.4. The number of alkyl halides is 6. The zero-order valence-electron chi connectivity index (χ0n) is 20.3. The summed E-state index contributed by atoms with van der Waals surface area (Å²) >= 11 is 0. The third kappa shape index (κ3) is 5.16. The average Bonchev–Trinajstić information content (AvgIpc) is 2.87. The van der Waals surface area contributed by atoms with Crippen LogP contribution in [0.15, 0.2) is 77.6 Å². The molecule has 198 valence electrons. The normalized spacial score (nSPS) is 12.1. The summed E-state index contributed by atoms with van der Waals surface area (Å²) in [5, 5.41) is 0.878. The van der Waals surface area contributed by atoms with Crippen LogP contribution in [-0.2, 0) is 25.4 Å². The maximum Gasteiger partial charge on any atom is 0.416 e. The van der Waals surface area contributed by atoms with Crippen LogP contribution in [0.2, 0.25) is 0 Å². The summed E-state index contributed by atoms with van der Waals surface area (Å²) in [6.45, 7) is 1.23. The Morgan fingerprint density at radius 3 is 1.87 bits per heavy atom.